The SMILES string of the molecule is CCC(C)(CCO)NC(=O)CCc1ccc(N(C)C)cc1. The number of rotatable bonds is 8. The Bertz CT molecular complexity index is 443. The average molecular weight is 292 g/mol. The number of aliphatic hydroxyl groups excluding tert-OH is 1. The van der Waals surface area contributed by atoms with Crippen LogP contribution in [0.4, 0.5) is 5.69 Å². The molecule has 4 nitrogen and oxygen atoms in total. The minimum absolute atomic E-state index is 0.0458. The maximum Gasteiger partial charge on any atom is 0.220 e. The fourth-order valence-electron chi connectivity index (χ4n) is 2.19. The van der Waals surface area contributed by atoms with Crippen LogP contribution in [0.2, 0.25) is 0 Å². The molecule has 1 aromatic carbocycles. The van der Waals surface area contributed by atoms with Crippen LogP contribution in [-0.4, -0.2) is 37.3 Å². The highest BCUT2D eigenvalue weighted by Crippen LogP contribution is 2.16. The molecule has 0 aliphatic carbocycles. The molecule has 1 aromatic rings. The largest absolute Gasteiger partial charge is 0.396 e. The molecule has 1 atom stereocenters. The van der Waals surface area contributed by atoms with Gasteiger partial charge in [0.05, 0.1) is 0 Å². The van der Waals surface area contributed by atoms with Gasteiger partial charge in [-0.25, -0.2) is 0 Å². The van der Waals surface area contributed by atoms with Gasteiger partial charge in [-0.15, -0.1) is 0 Å². The Labute approximate surface area is 128 Å². The molecule has 1 rings (SSSR count). The number of hydrogen-bond donors (Lipinski definition) is 2. The highest BCUT2D eigenvalue weighted by atomic mass is 16.3. The summed E-state index contributed by atoms with van der Waals surface area (Å²) in [6.45, 7) is 4.10. The van der Waals surface area contributed by atoms with Gasteiger partial charge in [0.1, 0.15) is 0 Å². The molecule has 1 unspecified atom stereocenters. The van der Waals surface area contributed by atoms with Crippen molar-refractivity contribution in [3.05, 3.63) is 29.8 Å². The van der Waals surface area contributed by atoms with Crippen molar-refractivity contribution in [2.24, 2.45) is 0 Å². The first-order valence-corrected chi connectivity index (χ1v) is 7.58. The standard InChI is InChI=1S/C17H28N2O2/c1-5-17(2,12-13-20)18-16(21)11-8-14-6-9-15(10-7-14)19(3)4/h6-7,9-10,20H,5,8,11-13H2,1-4H3,(H,18,21). The molecule has 0 aliphatic rings. The average Bonchev–Trinajstić information content (AvgIpc) is 2.45. The molecule has 1 amide bonds. The molecular weight excluding hydrogens is 264 g/mol. The van der Waals surface area contributed by atoms with E-state index in [1.54, 1.807) is 0 Å². The smallest absolute Gasteiger partial charge is 0.220 e. The van der Waals surface area contributed by atoms with Crippen LogP contribution in [0.15, 0.2) is 24.3 Å². The van der Waals surface area contributed by atoms with E-state index >= 15 is 0 Å². The number of nitrogens with one attached hydrogen (secondary N) is 1. The van der Waals surface area contributed by atoms with Crippen molar-refractivity contribution in [2.45, 2.75) is 45.1 Å². The minimum Gasteiger partial charge on any atom is -0.396 e. The summed E-state index contributed by atoms with van der Waals surface area (Å²) < 4.78 is 0. The number of carbonyl (C=O) groups is 1. The highest BCUT2D eigenvalue weighted by Gasteiger charge is 2.23. The fraction of sp³-hybridized carbons (Fsp3) is 0.588. The van der Waals surface area contributed by atoms with Crippen molar-refractivity contribution in [3.63, 3.8) is 0 Å². The zero-order chi connectivity index (χ0) is 15.9. The molecule has 118 valence electrons. The predicted molar refractivity (Wildman–Crippen MR) is 87.6 cm³/mol. The van der Waals surface area contributed by atoms with E-state index in [4.69, 9.17) is 5.11 Å². The summed E-state index contributed by atoms with van der Waals surface area (Å²) in [4.78, 5) is 14.1. The molecule has 0 spiro atoms. The lowest BCUT2D eigenvalue weighted by molar-refractivity contribution is -0.123. The molecule has 21 heavy (non-hydrogen) atoms. The monoisotopic (exact) mass is 292 g/mol. The maximum absolute atomic E-state index is 12.0. The second-order valence-electron chi connectivity index (χ2n) is 6.00. The van der Waals surface area contributed by atoms with Crippen LogP contribution in [0.25, 0.3) is 0 Å². The van der Waals surface area contributed by atoms with Gasteiger partial charge in [0.2, 0.25) is 5.91 Å². The van der Waals surface area contributed by atoms with Gasteiger partial charge in [0.25, 0.3) is 0 Å². The van der Waals surface area contributed by atoms with Crippen molar-refractivity contribution in [2.75, 3.05) is 25.6 Å². The summed E-state index contributed by atoms with van der Waals surface area (Å²) in [5.74, 6) is 0.0458. The third-order valence-electron chi connectivity index (χ3n) is 3.98. The first kappa shape index (κ1) is 17.5. The fourth-order valence-corrected chi connectivity index (χ4v) is 2.19. The second-order valence-corrected chi connectivity index (χ2v) is 6.00. The van der Waals surface area contributed by atoms with Gasteiger partial charge in [-0.1, -0.05) is 19.1 Å². The van der Waals surface area contributed by atoms with Gasteiger partial charge < -0.3 is 15.3 Å². The van der Waals surface area contributed by atoms with Crippen LogP contribution in [0.5, 0.6) is 0 Å². The lowest BCUT2D eigenvalue weighted by atomic mass is 9.94. The zero-order valence-electron chi connectivity index (χ0n) is 13.6. The number of amides is 1. The van der Waals surface area contributed by atoms with Crippen LogP contribution in [0.1, 0.15) is 38.7 Å². The summed E-state index contributed by atoms with van der Waals surface area (Å²) in [6, 6.07) is 8.26. The maximum atomic E-state index is 12.0. The Kier molecular flexibility index (Phi) is 6.69. The van der Waals surface area contributed by atoms with E-state index < -0.39 is 0 Å². The first-order valence-electron chi connectivity index (χ1n) is 7.58. The summed E-state index contributed by atoms with van der Waals surface area (Å²) >= 11 is 0. The number of aryl methyl sites for hydroxylation is 1. The van der Waals surface area contributed by atoms with E-state index in [1.807, 2.05) is 27.9 Å². The van der Waals surface area contributed by atoms with Gasteiger partial charge in [0, 0.05) is 38.3 Å². The van der Waals surface area contributed by atoms with Gasteiger partial charge in [-0.05, 0) is 43.9 Å². The topological polar surface area (TPSA) is 52.6 Å². The first-order chi connectivity index (χ1) is 9.90. The summed E-state index contributed by atoms with van der Waals surface area (Å²) in [7, 11) is 4.02. The third kappa shape index (κ3) is 5.76. The van der Waals surface area contributed by atoms with Crippen LogP contribution in [0.3, 0.4) is 0 Å². The molecule has 0 saturated carbocycles. The molecule has 0 aromatic heterocycles. The number of anilines is 1. The Morgan fingerprint density at radius 2 is 1.90 bits per heavy atom. The Balaban J connectivity index is 2.49. The lowest BCUT2D eigenvalue weighted by Gasteiger charge is -2.29. The number of hydrogen-bond acceptors (Lipinski definition) is 3. The Hall–Kier alpha value is -1.55. The van der Waals surface area contributed by atoms with Gasteiger partial charge in [0.15, 0.2) is 0 Å². The van der Waals surface area contributed by atoms with Crippen molar-refractivity contribution in [1.29, 1.82) is 0 Å². The van der Waals surface area contributed by atoms with Crippen LogP contribution >= 0.6 is 0 Å². The minimum atomic E-state index is -0.305. The van der Waals surface area contributed by atoms with Gasteiger partial charge in [-0.2, -0.15) is 0 Å². The number of nitrogens with zero attached hydrogens (tertiary/aromatic N) is 1. The third-order valence-corrected chi connectivity index (χ3v) is 3.98. The van der Waals surface area contributed by atoms with Crippen molar-refractivity contribution < 1.29 is 9.90 Å². The molecule has 0 heterocycles. The zero-order valence-corrected chi connectivity index (χ0v) is 13.6. The molecule has 2 N–H and O–H groups in total. The number of benzene rings is 1. The van der Waals surface area contributed by atoms with E-state index in [-0.39, 0.29) is 18.1 Å². The van der Waals surface area contributed by atoms with Gasteiger partial charge in [-0.3, -0.25) is 4.79 Å². The van der Waals surface area contributed by atoms with E-state index in [2.05, 4.69) is 34.5 Å². The lowest BCUT2D eigenvalue weighted by Crippen LogP contribution is -2.46. The highest BCUT2D eigenvalue weighted by molar-refractivity contribution is 5.77. The summed E-state index contributed by atoms with van der Waals surface area (Å²) in [5.41, 5.74) is 2.02. The Morgan fingerprint density at radius 1 is 1.29 bits per heavy atom. The van der Waals surface area contributed by atoms with Gasteiger partial charge >= 0.3 is 0 Å². The van der Waals surface area contributed by atoms with Crippen molar-refractivity contribution >= 4 is 11.6 Å². The predicted octanol–water partition coefficient (Wildman–Crippen LogP) is 2.35. The normalized spacial score (nSPS) is 13.6. The molecule has 0 fully saturated rings. The van der Waals surface area contributed by atoms with E-state index in [1.165, 1.54) is 0 Å². The Morgan fingerprint density at radius 3 is 2.38 bits per heavy atom. The molecule has 0 radical (unpaired) electrons. The summed E-state index contributed by atoms with van der Waals surface area (Å²) in [5, 5.41) is 12.1. The molecule has 0 bridgehead atoms. The molecule has 0 saturated heterocycles. The van der Waals surface area contributed by atoms with Crippen molar-refractivity contribution in [1.82, 2.24) is 5.32 Å². The quantitative estimate of drug-likeness (QED) is 0.773. The summed E-state index contributed by atoms with van der Waals surface area (Å²) in [6.07, 6.45) is 2.62. The molecular formula is C17H28N2O2. The van der Waals surface area contributed by atoms with E-state index in [9.17, 15) is 4.79 Å². The molecule has 0 aliphatic heterocycles. The van der Waals surface area contributed by atoms with Crippen LogP contribution in [0, 0.1) is 0 Å². The van der Waals surface area contributed by atoms with Crippen LogP contribution in [-0.2, 0) is 11.2 Å². The van der Waals surface area contributed by atoms with Crippen LogP contribution < -0.4 is 10.2 Å². The number of carbonyl (C=O) groups excluding carboxylic acids is 1. The second kappa shape index (κ2) is 8.03. The molecule has 4 heteroatoms. The number of aliphatic hydroxyl groups is 1. The van der Waals surface area contributed by atoms with Crippen molar-refractivity contribution in [3.8, 4) is 0 Å². The van der Waals surface area contributed by atoms with E-state index in [0.29, 0.717) is 12.8 Å². The van der Waals surface area contributed by atoms with E-state index in [0.717, 1.165) is 24.1 Å².